The molecule has 9 nitrogen and oxygen atoms in total. The van der Waals surface area contributed by atoms with Gasteiger partial charge in [0, 0.05) is 37.5 Å². The van der Waals surface area contributed by atoms with Crippen LogP contribution in [0.25, 0.3) is 0 Å². The van der Waals surface area contributed by atoms with E-state index in [1.165, 1.54) is 29.4 Å². The molecule has 2 saturated heterocycles. The molecule has 0 spiro atoms. The largest absolute Gasteiger partial charge is 0.416 e. The maximum absolute atomic E-state index is 13.1. The van der Waals surface area contributed by atoms with Gasteiger partial charge in [-0.1, -0.05) is 6.92 Å². The van der Waals surface area contributed by atoms with Crippen molar-refractivity contribution in [3.05, 3.63) is 59.9 Å². The van der Waals surface area contributed by atoms with Crippen LogP contribution in [0.5, 0.6) is 0 Å². The van der Waals surface area contributed by atoms with E-state index in [9.17, 15) is 36.0 Å². The van der Waals surface area contributed by atoms with Gasteiger partial charge >= 0.3 is 6.18 Å². The topological polar surface area (TPSA) is 117 Å². The predicted octanol–water partition coefficient (Wildman–Crippen LogP) is 2.49. The molecule has 2 fully saturated rings. The second kappa shape index (κ2) is 10.8. The number of carbonyl (C=O) groups excluding carboxylic acids is 3. The van der Waals surface area contributed by atoms with Gasteiger partial charge in [0.1, 0.15) is 10.9 Å². The summed E-state index contributed by atoms with van der Waals surface area (Å²) in [7, 11) is -3.93. The molecule has 3 heterocycles. The van der Waals surface area contributed by atoms with Crippen molar-refractivity contribution in [2.45, 2.75) is 49.3 Å². The highest BCUT2D eigenvalue weighted by molar-refractivity contribution is 7.89. The highest BCUT2D eigenvalue weighted by atomic mass is 32.2. The second-order valence-electron chi connectivity index (χ2n) is 9.52. The first-order chi connectivity index (χ1) is 17.9. The first kappa shape index (κ1) is 27.7. The zero-order valence-corrected chi connectivity index (χ0v) is 21.3. The summed E-state index contributed by atoms with van der Waals surface area (Å²) in [4.78, 5) is 43.3. The molecular formula is C25H27F3N4O5S. The average molecular weight is 553 g/mol. The standard InChI is InChI=1S/C25H27F3N4O5S/c1-16(8-11-30-24(35)17-4-6-18(7-5-17)25(26,27)28)13-22(34)31-12-9-20-23(31)21(33)15-32(20)38(36,37)19-3-2-10-29-14-19/h2-7,10,14,16,20,23H,8-9,11-13,15H2,1H3,(H,30,35). The number of sulfonamides is 1. The van der Waals surface area contributed by atoms with E-state index in [2.05, 4.69) is 10.3 Å². The Morgan fingerprint density at radius 2 is 1.89 bits per heavy atom. The lowest BCUT2D eigenvalue weighted by Gasteiger charge is -2.25. The van der Waals surface area contributed by atoms with Gasteiger partial charge in [-0.3, -0.25) is 19.4 Å². The lowest BCUT2D eigenvalue weighted by molar-refractivity contribution is -0.137. The summed E-state index contributed by atoms with van der Waals surface area (Å²) in [6, 6.07) is 5.34. The fourth-order valence-electron chi connectivity index (χ4n) is 4.87. The highest BCUT2D eigenvalue weighted by Crippen LogP contribution is 2.34. The summed E-state index contributed by atoms with van der Waals surface area (Å²) < 4.78 is 65.3. The van der Waals surface area contributed by atoms with Crippen LogP contribution in [-0.2, 0) is 25.8 Å². The van der Waals surface area contributed by atoms with Crippen molar-refractivity contribution in [2.24, 2.45) is 5.92 Å². The van der Waals surface area contributed by atoms with Crippen LogP contribution in [0.2, 0.25) is 0 Å². The molecule has 204 valence electrons. The van der Waals surface area contributed by atoms with Crippen LogP contribution in [0.1, 0.15) is 42.1 Å². The zero-order valence-electron chi connectivity index (χ0n) is 20.5. The number of carbonyl (C=O) groups is 3. The van der Waals surface area contributed by atoms with E-state index in [1.54, 1.807) is 0 Å². The van der Waals surface area contributed by atoms with Crippen LogP contribution < -0.4 is 5.32 Å². The first-order valence-corrected chi connectivity index (χ1v) is 13.5. The van der Waals surface area contributed by atoms with Crippen LogP contribution in [0.4, 0.5) is 13.2 Å². The summed E-state index contributed by atoms with van der Waals surface area (Å²) in [5.41, 5.74) is -0.751. The maximum Gasteiger partial charge on any atom is 0.416 e. The van der Waals surface area contributed by atoms with Gasteiger partial charge in [0.2, 0.25) is 15.9 Å². The molecule has 2 amide bonds. The monoisotopic (exact) mass is 552 g/mol. The molecule has 13 heteroatoms. The predicted molar refractivity (Wildman–Crippen MR) is 129 cm³/mol. The van der Waals surface area contributed by atoms with E-state index in [-0.39, 0.29) is 54.1 Å². The smallest absolute Gasteiger partial charge is 0.352 e. The van der Waals surface area contributed by atoms with Crippen LogP contribution in [0.15, 0.2) is 53.7 Å². The van der Waals surface area contributed by atoms with Gasteiger partial charge in [-0.05, 0) is 55.2 Å². The maximum atomic E-state index is 13.1. The van der Waals surface area contributed by atoms with E-state index in [0.29, 0.717) is 12.8 Å². The minimum absolute atomic E-state index is 0.00908. The van der Waals surface area contributed by atoms with Crippen LogP contribution in [-0.4, -0.2) is 71.9 Å². The fourth-order valence-corrected chi connectivity index (χ4v) is 6.46. The van der Waals surface area contributed by atoms with Crippen molar-refractivity contribution >= 4 is 27.6 Å². The summed E-state index contributed by atoms with van der Waals surface area (Å²) in [6.45, 7) is 1.97. The minimum Gasteiger partial charge on any atom is -0.352 e. The van der Waals surface area contributed by atoms with Crippen molar-refractivity contribution < 1.29 is 36.0 Å². The van der Waals surface area contributed by atoms with Crippen LogP contribution >= 0.6 is 0 Å². The van der Waals surface area contributed by atoms with E-state index in [4.69, 9.17) is 0 Å². The van der Waals surface area contributed by atoms with Gasteiger partial charge in [-0.25, -0.2) is 8.42 Å². The van der Waals surface area contributed by atoms with Crippen LogP contribution in [0.3, 0.4) is 0 Å². The molecule has 1 aromatic heterocycles. The molecule has 0 saturated carbocycles. The van der Waals surface area contributed by atoms with Gasteiger partial charge in [-0.2, -0.15) is 17.5 Å². The molecule has 4 rings (SSSR count). The molecular weight excluding hydrogens is 525 g/mol. The number of amides is 2. The first-order valence-electron chi connectivity index (χ1n) is 12.1. The summed E-state index contributed by atoms with van der Waals surface area (Å²) in [6.07, 6.45) is -0.935. The van der Waals surface area contributed by atoms with Crippen molar-refractivity contribution in [3.63, 3.8) is 0 Å². The lowest BCUT2D eigenvalue weighted by Crippen LogP contribution is -2.44. The number of hydrogen-bond acceptors (Lipinski definition) is 6. The number of nitrogens with one attached hydrogen (secondary N) is 1. The summed E-state index contributed by atoms with van der Waals surface area (Å²) >= 11 is 0. The molecule has 0 radical (unpaired) electrons. The van der Waals surface area contributed by atoms with Crippen LogP contribution in [0, 0.1) is 5.92 Å². The number of ketones is 1. The van der Waals surface area contributed by atoms with Crippen molar-refractivity contribution in [1.82, 2.24) is 19.5 Å². The number of rotatable bonds is 8. The molecule has 3 atom stereocenters. The lowest BCUT2D eigenvalue weighted by atomic mass is 10.0. The Balaban J connectivity index is 1.29. The van der Waals surface area contributed by atoms with E-state index in [0.717, 1.165) is 28.6 Å². The number of hydrogen-bond donors (Lipinski definition) is 1. The van der Waals surface area contributed by atoms with E-state index < -0.39 is 39.8 Å². The van der Waals surface area contributed by atoms with Crippen molar-refractivity contribution in [1.29, 1.82) is 0 Å². The third-order valence-corrected chi connectivity index (χ3v) is 8.71. The molecule has 1 aromatic carbocycles. The van der Waals surface area contributed by atoms with Gasteiger partial charge in [0.05, 0.1) is 18.2 Å². The number of fused-ring (bicyclic) bond motifs is 1. The molecule has 0 bridgehead atoms. The Labute approximate surface area is 218 Å². The quantitative estimate of drug-likeness (QED) is 0.538. The SMILES string of the molecule is CC(CCNC(=O)c1ccc(C(F)(F)F)cc1)CC(=O)N1CCC2C1C(=O)CN2S(=O)(=O)c1cccnc1. The molecule has 2 aliphatic rings. The third kappa shape index (κ3) is 5.73. The summed E-state index contributed by atoms with van der Waals surface area (Å²) in [5.74, 6) is -1.29. The van der Waals surface area contributed by atoms with Gasteiger partial charge in [0.15, 0.2) is 5.78 Å². The Morgan fingerprint density at radius 1 is 1.18 bits per heavy atom. The number of pyridine rings is 1. The molecule has 0 aliphatic carbocycles. The normalized spacial score (nSPS) is 20.8. The Morgan fingerprint density at radius 3 is 2.53 bits per heavy atom. The van der Waals surface area contributed by atoms with E-state index >= 15 is 0 Å². The zero-order chi connectivity index (χ0) is 27.7. The second-order valence-corrected chi connectivity index (χ2v) is 11.4. The van der Waals surface area contributed by atoms with Crippen molar-refractivity contribution in [2.75, 3.05) is 19.6 Å². The number of likely N-dealkylation sites (tertiary alicyclic amines) is 1. The summed E-state index contributed by atoms with van der Waals surface area (Å²) in [5, 5.41) is 2.64. The van der Waals surface area contributed by atoms with Gasteiger partial charge in [0.25, 0.3) is 5.91 Å². The molecule has 3 unspecified atom stereocenters. The molecule has 2 aromatic rings. The van der Waals surface area contributed by atoms with Gasteiger partial charge < -0.3 is 10.2 Å². The van der Waals surface area contributed by atoms with Crippen molar-refractivity contribution in [3.8, 4) is 0 Å². The van der Waals surface area contributed by atoms with E-state index in [1.807, 2.05) is 6.92 Å². The number of aromatic nitrogens is 1. The highest BCUT2D eigenvalue weighted by Gasteiger charge is 2.53. The number of benzene rings is 1. The molecule has 38 heavy (non-hydrogen) atoms. The molecule has 1 N–H and O–H groups in total. The Hall–Kier alpha value is -3.32. The number of nitrogens with zero attached hydrogens (tertiary/aromatic N) is 3. The minimum atomic E-state index is -4.48. The fraction of sp³-hybridized carbons (Fsp3) is 0.440. The third-order valence-electron chi connectivity index (χ3n) is 6.86. The Kier molecular flexibility index (Phi) is 7.88. The Bertz CT molecular complexity index is 1300. The number of halogens is 3. The number of alkyl halides is 3. The van der Waals surface area contributed by atoms with Gasteiger partial charge in [-0.15, -0.1) is 0 Å². The number of Topliss-reactive ketones (excluding diaryl/α,β-unsaturated/α-hetero) is 1. The average Bonchev–Trinajstić information content (AvgIpc) is 3.45. The molecule has 2 aliphatic heterocycles.